The van der Waals surface area contributed by atoms with Crippen molar-refractivity contribution >= 4 is 27.8 Å². The highest BCUT2D eigenvalue weighted by molar-refractivity contribution is 7.20. The van der Waals surface area contributed by atoms with Crippen LogP contribution in [0.15, 0.2) is 14.7 Å². The lowest BCUT2D eigenvalue weighted by Gasteiger charge is -2.16. The van der Waals surface area contributed by atoms with Crippen LogP contribution in [-0.2, 0) is 17.8 Å². The zero-order valence-electron chi connectivity index (χ0n) is 17.0. The Labute approximate surface area is 169 Å². The number of nitrogens with zero attached hydrogens (tertiary/aromatic N) is 3. The molecule has 2 aromatic rings. The molecular formula is C18H25F3N4O3S. The molecule has 0 aromatic carbocycles. The van der Waals surface area contributed by atoms with Gasteiger partial charge in [0.1, 0.15) is 4.83 Å². The molecule has 1 N–H and O–H groups in total. The number of aromatic nitrogens is 2. The van der Waals surface area contributed by atoms with Gasteiger partial charge in [-0.05, 0) is 33.3 Å². The van der Waals surface area contributed by atoms with Gasteiger partial charge in [0.25, 0.3) is 5.56 Å². The molecule has 2 aromatic heterocycles. The van der Waals surface area contributed by atoms with E-state index in [2.05, 4.69) is 10.5 Å². The van der Waals surface area contributed by atoms with E-state index in [1.54, 1.807) is 6.92 Å². The summed E-state index contributed by atoms with van der Waals surface area (Å²) in [7, 11) is 1.42. The lowest BCUT2D eigenvalue weighted by Crippen LogP contribution is -2.41. The second-order valence-corrected chi connectivity index (χ2v) is 8.67. The maximum atomic E-state index is 12.9. The van der Waals surface area contributed by atoms with Gasteiger partial charge in [-0.15, -0.1) is 11.3 Å². The van der Waals surface area contributed by atoms with E-state index in [0.29, 0.717) is 10.4 Å². The van der Waals surface area contributed by atoms with E-state index in [1.807, 2.05) is 20.8 Å². The summed E-state index contributed by atoms with van der Waals surface area (Å²) >= 11 is 1.07. The second-order valence-electron chi connectivity index (χ2n) is 7.64. The molecule has 0 aliphatic rings. The van der Waals surface area contributed by atoms with Gasteiger partial charge in [0, 0.05) is 19.2 Å². The average molecular weight is 434 g/mol. The Balaban J connectivity index is 2.66. The summed E-state index contributed by atoms with van der Waals surface area (Å²) in [5, 5.41) is 4.37. The minimum Gasteiger partial charge on any atom is -0.383 e. The van der Waals surface area contributed by atoms with Gasteiger partial charge >= 0.3 is 11.9 Å². The molecule has 0 radical (unpaired) electrons. The average Bonchev–Trinajstić information content (AvgIpc) is 2.89. The molecular weight excluding hydrogens is 409 g/mol. The molecule has 0 aliphatic carbocycles. The van der Waals surface area contributed by atoms with E-state index in [-0.39, 0.29) is 28.9 Å². The molecule has 2 rings (SSSR count). The molecule has 0 unspecified atom stereocenters. The molecule has 162 valence electrons. The molecule has 0 aliphatic heterocycles. The molecule has 0 fully saturated rings. The molecule has 11 heteroatoms. The largest absolute Gasteiger partial charge is 0.390 e. The maximum Gasteiger partial charge on any atom is 0.390 e. The Kier molecular flexibility index (Phi) is 6.94. The first kappa shape index (κ1) is 23.1. The van der Waals surface area contributed by atoms with E-state index in [0.717, 1.165) is 20.5 Å². The van der Waals surface area contributed by atoms with E-state index >= 15 is 0 Å². The van der Waals surface area contributed by atoms with Crippen LogP contribution in [0, 0.1) is 6.92 Å². The van der Waals surface area contributed by atoms with Crippen LogP contribution in [0.5, 0.6) is 0 Å². The normalized spacial score (nSPS) is 13.0. The fourth-order valence-corrected chi connectivity index (χ4v) is 3.83. The molecule has 2 heterocycles. The van der Waals surface area contributed by atoms with Crippen molar-refractivity contribution in [1.29, 1.82) is 0 Å². The molecule has 29 heavy (non-hydrogen) atoms. The zero-order valence-corrected chi connectivity index (χ0v) is 17.8. The number of ether oxygens (including phenoxy) is 1. The molecule has 0 spiro atoms. The minimum absolute atomic E-state index is 0.0413. The second kappa shape index (κ2) is 8.70. The van der Waals surface area contributed by atoms with Gasteiger partial charge in [-0.25, -0.2) is 4.79 Å². The summed E-state index contributed by atoms with van der Waals surface area (Å²) in [6.07, 6.45) is -4.08. The minimum atomic E-state index is -4.42. The van der Waals surface area contributed by atoms with Gasteiger partial charge in [0.15, 0.2) is 0 Å². The molecule has 7 nitrogen and oxygen atoms in total. The van der Waals surface area contributed by atoms with Gasteiger partial charge in [0.05, 0.1) is 36.1 Å². The molecule has 0 bridgehead atoms. The van der Waals surface area contributed by atoms with Crippen LogP contribution in [0.3, 0.4) is 0 Å². The van der Waals surface area contributed by atoms with Crippen LogP contribution in [0.4, 0.5) is 13.2 Å². The quantitative estimate of drug-likeness (QED) is 0.537. The predicted octanol–water partition coefficient (Wildman–Crippen LogP) is 2.85. The van der Waals surface area contributed by atoms with E-state index in [9.17, 15) is 22.8 Å². The highest BCUT2D eigenvalue weighted by atomic mass is 32.1. The van der Waals surface area contributed by atoms with Crippen molar-refractivity contribution in [3.8, 4) is 0 Å². The number of hydrogen-bond acceptors (Lipinski definition) is 6. The number of thiophene rings is 1. The SMILES string of the molecule is COCCn1c(=O)c2c(C)c(C=NNC(C)(C)C)sc2n(CCC(F)(F)F)c1=O. The number of fused-ring (bicyclic) bond motifs is 1. The van der Waals surface area contributed by atoms with Crippen molar-refractivity contribution in [3.63, 3.8) is 0 Å². The number of aryl methyl sites for hydroxylation is 2. The van der Waals surface area contributed by atoms with E-state index in [1.165, 1.54) is 13.3 Å². The molecule has 0 amide bonds. The fourth-order valence-electron chi connectivity index (χ4n) is 2.63. The molecule has 0 saturated carbocycles. The lowest BCUT2D eigenvalue weighted by atomic mass is 10.1. The number of rotatable bonds is 7. The number of halogens is 3. The summed E-state index contributed by atoms with van der Waals surface area (Å²) < 4.78 is 45.2. The molecule has 0 saturated heterocycles. The van der Waals surface area contributed by atoms with Crippen molar-refractivity contribution in [3.05, 3.63) is 31.3 Å². The van der Waals surface area contributed by atoms with Crippen LogP contribution in [0.25, 0.3) is 10.2 Å². The Morgan fingerprint density at radius 3 is 2.38 bits per heavy atom. The third-order valence-electron chi connectivity index (χ3n) is 4.05. The van der Waals surface area contributed by atoms with Gasteiger partial charge in [-0.2, -0.15) is 18.3 Å². The van der Waals surface area contributed by atoms with Crippen molar-refractivity contribution in [2.45, 2.75) is 58.9 Å². The van der Waals surface area contributed by atoms with Crippen LogP contribution >= 0.6 is 11.3 Å². The smallest absolute Gasteiger partial charge is 0.383 e. The Hall–Kier alpha value is -2.14. The highest BCUT2D eigenvalue weighted by Crippen LogP contribution is 2.28. The first-order valence-corrected chi connectivity index (χ1v) is 9.80. The lowest BCUT2D eigenvalue weighted by molar-refractivity contribution is -0.136. The third-order valence-corrected chi connectivity index (χ3v) is 5.30. The first-order valence-electron chi connectivity index (χ1n) is 8.98. The molecule has 0 atom stereocenters. The number of alkyl halides is 3. The Morgan fingerprint density at radius 1 is 1.17 bits per heavy atom. The summed E-state index contributed by atoms with van der Waals surface area (Å²) in [5.41, 5.74) is 1.91. The maximum absolute atomic E-state index is 12.9. The number of nitrogens with one attached hydrogen (secondary N) is 1. The van der Waals surface area contributed by atoms with E-state index in [4.69, 9.17) is 4.74 Å². The monoisotopic (exact) mass is 434 g/mol. The van der Waals surface area contributed by atoms with Crippen molar-refractivity contribution in [2.75, 3.05) is 13.7 Å². The number of methoxy groups -OCH3 is 1. The van der Waals surface area contributed by atoms with Crippen LogP contribution in [-0.4, -0.2) is 40.8 Å². The van der Waals surface area contributed by atoms with Gasteiger partial charge in [-0.3, -0.25) is 13.9 Å². The fraction of sp³-hybridized carbons (Fsp3) is 0.611. The van der Waals surface area contributed by atoms with Crippen molar-refractivity contribution in [2.24, 2.45) is 5.10 Å². The van der Waals surface area contributed by atoms with Gasteiger partial charge in [-0.1, -0.05) is 0 Å². The highest BCUT2D eigenvalue weighted by Gasteiger charge is 2.28. The Bertz CT molecular complexity index is 1010. The van der Waals surface area contributed by atoms with E-state index < -0.39 is 30.4 Å². The van der Waals surface area contributed by atoms with Gasteiger partial charge in [0.2, 0.25) is 0 Å². The summed E-state index contributed by atoms with van der Waals surface area (Å²) in [6, 6.07) is 0. The Morgan fingerprint density at radius 2 is 1.83 bits per heavy atom. The standard InChI is InChI=1S/C18H25F3N4O3S/c1-11-12(10-22-23-17(2,3)4)29-15-13(11)14(26)24(8-9-28-5)16(27)25(15)7-6-18(19,20)21/h10,23H,6-9H2,1-5H3. The number of hydrogen-bond donors (Lipinski definition) is 1. The third kappa shape index (κ3) is 5.69. The van der Waals surface area contributed by atoms with Crippen LogP contribution < -0.4 is 16.7 Å². The summed E-state index contributed by atoms with van der Waals surface area (Å²) in [5.74, 6) is 0. The topological polar surface area (TPSA) is 77.6 Å². The number of hydrazone groups is 1. The van der Waals surface area contributed by atoms with Gasteiger partial charge < -0.3 is 10.2 Å². The van der Waals surface area contributed by atoms with Crippen LogP contribution in [0.2, 0.25) is 0 Å². The predicted molar refractivity (Wildman–Crippen MR) is 108 cm³/mol. The van der Waals surface area contributed by atoms with Crippen molar-refractivity contribution < 1.29 is 17.9 Å². The first-order chi connectivity index (χ1) is 13.4. The summed E-state index contributed by atoms with van der Waals surface area (Å²) in [6.45, 7) is 6.94. The van der Waals surface area contributed by atoms with Crippen LogP contribution in [0.1, 0.15) is 37.6 Å². The van der Waals surface area contributed by atoms with Crippen molar-refractivity contribution in [1.82, 2.24) is 14.6 Å². The zero-order chi connectivity index (χ0) is 22.0. The summed E-state index contributed by atoms with van der Waals surface area (Å²) in [4.78, 5) is 26.5.